The van der Waals surface area contributed by atoms with Gasteiger partial charge in [0.15, 0.2) is 0 Å². The molecule has 0 radical (unpaired) electrons. The van der Waals surface area contributed by atoms with Crippen LogP contribution >= 0.6 is 0 Å². The lowest BCUT2D eigenvalue weighted by atomic mass is 9.89. The molecule has 2 rings (SSSR count). The van der Waals surface area contributed by atoms with E-state index in [0.717, 1.165) is 19.3 Å². The standard InChI is InChI=1S/C11H18N2O4/c1-17-8-5-7(6-8)12-11(16)13-4-2-3-9(13)10(14)15/h7-9H,2-6H2,1H3,(H,12,16)(H,14,15)/t7?,8?,9-/m0/s1. The Kier molecular flexibility index (Phi) is 3.51. The number of aliphatic carboxylic acids is 1. The number of carboxylic acid groups (broad SMARTS) is 1. The fourth-order valence-corrected chi connectivity index (χ4v) is 2.40. The fourth-order valence-electron chi connectivity index (χ4n) is 2.40. The first-order valence-electron chi connectivity index (χ1n) is 5.94. The van der Waals surface area contributed by atoms with Gasteiger partial charge in [-0.25, -0.2) is 9.59 Å². The minimum Gasteiger partial charge on any atom is -0.480 e. The van der Waals surface area contributed by atoms with Gasteiger partial charge in [0.05, 0.1) is 6.10 Å². The van der Waals surface area contributed by atoms with Gasteiger partial charge in [-0.15, -0.1) is 0 Å². The van der Waals surface area contributed by atoms with Gasteiger partial charge in [0, 0.05) is 19.7 Å². The molecule has 2 fully saturated rings. The second-order valence-corrected chi connectivity index (χ2v) is 4.67. The van der Waals surface area contributed by atoms with Crippen molar-refractivity contribution in [2.75, 3.05) is 13.7 Å². The number of hydrogen-bond donors (Lipinski definition) is 2. The van der Waals surface area contributed by atoms with Crippen molar-refractivity contribution in [2.45, 2.75) is 43.9 Å². The first-order chi connectivity index (χ1) is 8.11. The van der Waals surface area contributed by atoms with E-state index in [0.29, 0.717) is 13.0 Å². The average Bonchev–Trinajstić information content (AvgIpc) is 2.71. The highest BCUT2D eigenvalue weighted by atomic mass is 16.5. The van der Waals surface area contributed by atoms with Crippen LogP contribution in [0.3, 0.4) is 0 Å². The summed E-state index contributed by atoms with van der Waals surface area (Å²) >= 11 is 0. The molecule has 1 atom stereocenters. The normalized spacial score (nSPS) is 32.1. The molecule has 0 aromatic carbocycles. The largest absolute Gasteiger partial charge is 0.480 e. The fraction of sp³-hybridized carbons (Fsp3) is 0.818. The summed E-state index contributed by atoms with van der Waals surface area (Å²) in [5.41, 5.74) is 0. The number of amides is 2. The molecule has 0 aromatic rings. The molecule has 2 amide bonds. The number of hydrogen-bond acceptors (Lipinski definition) is 3. The molecule has 1 heterocycles. The molecule has 2 N–H and O–H groups in total. The maximum absolute atomic E-state index is 11.9. The van der Waals surface area contributed by atoms with Crippen LogP contribution in [0.5, 0.6) is 0 Å². The van der Waals surface area contributed by atoms with Crippen LogP contribution in [-0.4, -0.2) is 53.8 Å². The molecule has 0 bridgehead atoms. The van der Waals surface area contributed by atoms with E-state index in [2.05, 4.69) is 5.32 Å². The average molecular weight is 242 g/mol. The third-order valence-electron chi connectivity index (χ3n) is 3.55. The molecule has 17 heavy (non-hydrogen) atoms. The summed E-state index contributed by atoms with van der Waals surface area (Å²) in [6.07, 6.45) is 3.17. The summed E-state index contributed by atoms with van der Waals surface area (Å²) in [6, 6.07) is -0.787. The molecular formula is C11H18N2O4. The topological polar surface area (TPSA) is 78.9 Å². The summed E-state index contributed by atoms with van der Waals surface area (Å²) in [7, 11) is 1.66. The maximum atomic E-state index is 11.9. The van der Waals surface area contributed by atoms with Crippen molar-refractivity contribution in [2.24, 2.45) is 0 Å². The van der Waals surface area contributed by atoms with E-state index in [-0.39, 0.29) is 18.2 Å². The van der Waals surface area contributed by atoms with Gasteiger partial charge >= 0.3 is 12.0 Å². The molecule has 1 aliphatic heterocycles. The van der Waals surface area contributed by atoms with E-state index in [1.807, 2.05) is 0 Å². The Morgan fingerprint density at radius 3 is 2.71 bits per heavy atom. The van der Waals surface area contributed by atoms with E-state index in [9.17, 15) is 9.59 Å². The van der Waals surface area contributed by atoms with Crippen LogP contribution in [0.15, 0.2) is 0 Å². The van der Waals surface area contributed by atoms with Crippen LogP contribution in [0.2, 0.25) is 0 Å². The van der Waals surface area contributed by atoms with E-state index in [1.54, 1.807) is 7.11 Å². The zero-order valence-corrected chi connectivity index (χ0v) is 9.89. The first kappa shape index (κ1) is 12.2. The van der Waals surface area contributed by atoms with Gasteiger partial charge in [-0.2, -0.15) is 0 Å². The van der Waals surface area contributed by atoms with Crippen molar-refractivity contribution in [1.82, 2.24) is 10.2 Å². The molecule has 1 saturated heterocycles. The van der Waals surface area contributed by atoms with Gasteiger partial charge in [0.25, 0.3) is 0 Å². The summed E-state index contributed by atoms with van der Waals surface area (Å²) in [6.45, 7) is 0.531. The summed E-state index contributed by atoms with van der Waals surface area (Å²) in [4.78, 5) is 24.2. The van der Waals surface area contributed by atoms with E-state index in [1.165, 1.54) is 4.90 Å². The van der Waals surface area contributed by atoms with Crippen molar-refractivity contribution >= 4 is 12.0 Å². The molecule has 6 nitrogen and oxygen atoms in total. The Morgan fingerprint density at radius 2 is 2.12 bits per heavy atom. The van der Waals surface area contributed by atoms with Crippen LogP contribution in [0.1, 0.15) is 25.7 Å². The highest BCUT2D eigenvalue weighted by Crippen LogP contribution is 2.24. The SMILES string of the molecule is COC1CC(NC(=O)N2CCC[C@H]2C(=O)O)C1. The van der Waals surface area contributed by atoms with Gasteiger partial charge in [0.1, 0.15) is 6.04 Å². The maximum Gasteiger partial charge on any atom is 0.326 e. The van der Waals surface area contributed by atoms with Crippen molar-refractivity contribution in [3.05, 3.63) is 0 Å². The Labute approximate surface area is 99.9 Å². The van der Waals surface area contributed by atoms with E-state index in [4.69, 9.17) is 9.84 Å². The van der Waals surface area contributed by atoms with Crippen molar-refractivity contribution < 1.29 is 19.4 Å². The highest BCUT2D eigenvalue weighted by Gasteiger charge is 2.37. The van der Waals surface area contributed by atoms with Gasteiger partial charge in [-0.05, 0) is 25.7 Å². The van der Waals surface area contributed by atoms with Crippen LogP contribution in [0.25, 0.3) is 0 Å². The lowest BCUT2D eigenvalue weighted by molar-refractivity contribution is -0.141. The number of rotatable bonds is 3. The summed E-state index contributed by atoms with van der Waals surface area (Å²) < 4.78 is 5.12. The molecule has 1 aliphatic carbocycles. The van der Waals surface area contributed by atoms with E-state index >= 15 is 0 Å². The second-order valence-electron chi connectivity index (χ2n) is 4.67. The quantitative estimate of drug-likeness (QED) is 0.752. The number of likely N-dealkylation sites (tertiary alicyclic amines) is 1. The first-order valence-corrected chi connectivity index (χ1v) is 5.94. The molecule has 6 heteroatoms. The lowest BCUT2D eigenvalue weighted by Crippen LogP contribution is -2.53. The number of carbonyl (C=O) groups excluding carboxylic acids is 1. The number of carboxylic acids is 1. The number of urea groups is 1. The van der Waals surface area contributed by atoms with Crippen LogP contribution in [-0.2, 0) is 9.53 Å². The third-order valence-corrected chi connectivity index (χ3v) is 3.55. The lowest BCUT2D eigenvalue weighted by Gasteiger charge is -2.36. The third kappa shape index (κ3) is 2.52. The molecular weight excluding hydrogens is 224 g/mol. The zero-order chi connectivity index (χ0) is 12.4. The number of nitrogens with zero attached hydrogens (tertiary/aromatic N) is 1. The smallest absolute Gasteiger partial charge is 0.326 e. The second kappa shape index (κ2) is 4.91. The van der Waals surface area contributed by atoms with Crippen LogP contribution in [0.4, 0.5) is 4.79 Å². The summed E-state index contributed by atoms with van der Waals surface area (Å²) in [5.74, 6) is -0.916. The van der Waals surface area contributed by atoms with Crippen molar-refractivity contribution in [3.8, 4) is 0 Å². The minimum absolute atomic E-state index is 0.127. The van der Waals surface area contributed by atoms with Crippen molar-refractivity contribution in [1.29, 1.82) is 0 Å². The highest BCUT2D eigenvalue weighted by molar-refractivity contribution is 5.83. The zero-order valence-electron chi connectivity index (χ0n) is 9.89. The van der Waals surface area contributed by atoms with Crippen molar-refractivity contribution in [3.63, 3.8) is 0 Å². The number of methoxy groups -OCH3 is 1. The Hall–Kier alpha value is -1.30. The Balaban J connectivity index is 1.82. The van der Waals surface area contributed by atoms with E-state index < -0.39 is 12.0 Å². The number of ether oxygens (including phenoxy) is 1. The molecule has 0 spiro atoms. The van der Waals surface area contributed by atoms with Gasteiger partial charge in [-0.3, -0.25) is 0 Å². The van der Waals surface area contributed by atoms with Crippen LogP contribution in [0, 0.1) is 0 Å². The monoisotopic (exact) mass is 242 g/mol. The van der Waals surface area contributed by atoms with Gasteiger partial charge < -0.3 is 20.1 Å². The van der Waals surface area contributed by atoms with Crippen LogP contribution < -0.4 is 5.32 Å². The van der Waals surface area contributed by atoms with Gasteiger partial charge in [0.2, 0.25) is 0 Å². The summed E-state index contributed by atoms with van der Waals surface area (Å²) in [5, 5.41) is 11.8. The Bertz CT molecular complexity index is 315. The minimum atomic E-state index is -0.916. The molecule has 1 saturated carbocycles. The number of carbonyl (C=O) groups is 2. The molecule has 96 valence electrons. The predicted octanol–water partition coefficient (Wildman–Crippen LogP) is 0.422. The molecule has 0 unspecified atom stereocenters. The molecule has 2 aliphatic rings. The predicted molar refractivity (Wildman–Crippen MR) is 59.7 cm³/mol. The number of nitrogens with one attached hydrogen (secondary N) is 1. The molecule has 0 aromatic heterocycles. The van der Waals surface area contributed by atoms with Gasteiger partial charge in [-0.1, -0.05) is 0 Å². The Morgan fingerprint density at radius 1 is 1.41 bits per heavy atom.